The summed E-state index contributed by atoms with van der Waals surface area (Å²) in [4.78, 5) is 0. The van der Waals surface area contributed by atoms with E-state index in [0.29, 0.717) is 10.0 Å². The van der Waals surface area contributed by atoms with E-state index in [0.717, 1.165) is 25.9 Å². The molecule has 0 amide bonds. The van der Waals surface area contributed by atoms with Gasteiger partial charge in [0.1, 0.15) is 0 Å². The summed E-state index contributed by atoms with van der Waals surface area (Å²) in [5.74, 6) is 0. The maximum Gasteiger partial charge on any atom is 0.0665 e. The first kappa shape index (κ1) is 15.6. The Morgan fingerprint density at radius 2 is 1.95 bits per heavy atom. The largest absolute Gasteiger partial charge is 0.392 e. The number of halogens is 2. The van der Waals surface area contributed by atoms with Crippen molar-refractivity contribution in [3.05, 3.63) is 33.8 Å². The molecule has 1 saturated carbocycles. The van der Waals surface area contributed by atoms with Crippen LogP contribution in [0.2, 0.25) is 10.0 Å². The van der Waals surface area contributed by atoms with Crippen molar-refractivity contribution in [1.82, 2.24) is 5.32 Å². The summed E-state index contributed by atoms with van der Waals surface area (Å²) in [6.07, 6.45) is 1.72. The summed E-state index contributed by atoms with van der Waals surface area (Å²) >= 11 is 12.3. The zero-order valence-corrected chi connectivity index (χ0v) is 14.4. The van der Waals surface area contributed by atoms with Gasteiger partial charge in [0.15, 0.2) is 0 Å². The molecular weight excluding hydrogens is 305 g/mol. The lowest BCUT2D eigenvalue weighted by Gasteiger charge is -2.40. The highest BCUT2D eigenvalue weighted by Gasteiger charge is 2.72. The Kier molecular flexibility index (Phi) is 3.61. The van der Waals surface area contributed by atoms with Crippen molar-refractivity contribution in [2.24, 2.45) is 10.8 Å². The number of aliphatic hydroxyl groups is 1. The summed E-state index contributed by atoms with van der Waals surface area (Å²) in [7, 11) is 0. The van der Waals surface area contributed by atoms with Gasteiger partial charge in [-0.15, -0.1) is 0 Å². The van der Waals surface area contributed by atoms with Gasteiger partial charge in [-0.2, -0.15) is 0 Å². The van der Waals surface area contributed by atoms with Gasteiger partial charge in [0.25, 0.3) is 0 Å². The molecular formula is C17H23Cl2NO. The second-order valence-electron chi connectivity index (χ2n) is 7.74. The van der Waals surface area contributed by atoms with Gasteiger partial charge >= 0.3 is 0 Å². The van der Waals surface area contributed by atoms with Gasteiger partial charge in [0.05, 0.1) is 16.1 Å². The molecule has 1 aliphatic carbocycles. The molecule has 0 spiro atoms. The zero-order chi connectivity index (χ0) is 15.5. The monoisotopic (exact) mass is 327 g/mol. The minimum absolute atomic E-state index is 0.0408. The Bertz CT molecular complexity index is 568. The first-order valence-electron chi connectivity index (χ1n) is 7.57. The highest BCUT2D eigenvalue weighted by Crippen LogP contribution is 2.71. The lowest BCUT2D eigenvalue weighted by atomic mass is 9.71. The number of benzene rings is 1. The highest BCUT2D eigenvalue weighted by molar-refractivity contribution is 6.42. The van der Waals surface area contributed by atoms with E-state index in [1.807, 2.05) is 12.1 Å². The molecule has 4 heteroatoms. The van der Waals surface area contributed by atoms with Gasteiger partial charge in [-0.1, -0.05) is 50.0 Å². The van der Waals surface area contributed by atoms with Crippen LogP contribution in [-0.2, 0) is 5.41 Å². The molecule has 3 rings (SSSR count). The normalized spacial score (nSPS) is 33.4. The Hall–Kier alpha value is -0.280. The van der Waals surface area contributed by atoms with Gasteiger partial charge < -0.3 is 10.4 Å². The average Bonchev–Trinajstić information content (AvgIpc) is 3.11. The number of hydrogen-bond donors (Lipinski definition) is 2. The van der Waals surface area contributed by atoms with Gasteiger partial charge in [-0.3, -0.25) is 0 Å². The van der Waals surface area contributed by atoms with E-state index in [9.17, 15) is 5.11 Å². The minimum Gasteiger partial charge on any atom is -0.392 e. The summed E-state index contributed by atoms with van der Waals surface area (Å²) in [5, 5.41) is 15.6. The highest BCUT2D eigenvalue weighted by atomic mass is 35.5. The van der Waals surface area contributed by atoms with Crippen LogP contribution in [0.15, 0.2) is 18.2 Å². The minimum atomic E-state index is -0.341. The van der Waals surface area contributed by atoms with Crippen molar-refractivity contribution in [3.8, 4) is 0 Å². The number of rotatable bonds is 2. The van der Waals surface area contributed by atoms with Gasteiger partial charge in [0.2, 0.25) is 0 Å². The molecule has 2 fully saturated rings. The topological polar surface area (TPSA) is 32.3 Å². The Labute approximate surface area is 136 Å². The van der Waals surface area contributed by atoms with Crippen LogP contribution in [0.25, 0.3) is 0 Å². The van der Waals surface area contributed by atoms with Crippen LogP contribution in [0, 0.1) is 10.8 Å². The van der Waals surface area contributed by atoms with Crippen LogP contribution >= 0.6 is 23.2 Å². The molecule has 1 aromatic rings. The predicted molar refractivity (Wildman–Crippen MR) is 88.1 cm³/mol. The zero-order valence-electron chi connectivity index (χ0n) is 12.8. The van der Waals surface area contributed by atoms with Crippen molar-refractivity contribution >= 4 is 23.2 Å². The fraction of sp³-hybridized carbons (Fsp3) is 0.647. The SMILES string of the molecule is CC(C)(C)C(O)C12CNCCC1(c1ccc(Cl)c(Cl)c1)C2. The lowest BCUT2D eigenvalue weighted by molar-refractivity contribution is -0.0171. The third kappa shape index (κ3) is 2.23. The molecule has 2 aliphatic rings. The lowest BCUT2D eigenvalue weighted by Crippen LogP contribution is -2.49. The van der Waals surface area contributed by atoms with Crippen molar-refractivity contribution in [2.45, 2.75) is 45.1 Å². The van der Waals surface area contributed by atoms with E-state index in [1.165, 1.54) is 5.56 Å². The molecule has 1 heterocycles. The van der Waals surface area contributed by atoms with Gasteiger partial charge in [-0.05, 0) is 42.5 Å². The smallest absolute Gasteiger partial charge is 0.0665 e. The maximum atomic E-state index is 11.0. The van der Waals surface area contributed by atoms with Crippen molar-refractivity contribution in [1.29, 1.82) is 0 Å². The average molecular weight is 328 g/mol. The summed E-state index contributed by atoms with van der Waals surface area (Å²) in [6.45, 7) is 8.18. The quantitative estimate of drug-likeness (QED) is 0.859. The van der Waals surface area contributed by atoms with Crippen LogP contribution < -0.4 is 5.32 Å². The second-order valence-corrected chi connectivity index (χ2v) is 8.55. The maximum absolute atomic E-state index is 11.0. The van der Waals surface area contributed by atoms with E-state index in [2.05, 4.69) is 32.2 Å². The fourth-order valence-electron chi connectivity index (χ4n) is 4.29. The van der Waals surface area contributed by atoms with Crippen LogP contribution in [0.5, 0.6) is 0 Å². The molecule has 2 nitrogen and oxygen atoms in total. The van der Waals surface area contributed by atoms with Crippen LogP contribution in [0.1, 0.15) is 39.2 Å². The molecule has 116 valence electrons. The molecule has 3 atom stereocenters. The number of hydrogen-bond acceptors (Lipinski definition) is 2. The van der Waals surface area contributed by atoms with E-state index >= 15 is 0 Å². The Balaban J connectivity index is 2.02. The first-order valence-corrected chi connectivity index (χ1v) is 8.33. The molecule has 2 N–H and O–H groups in total. The molecule has 21 heavy (non-hydrogen) atoms. The molecule has 0 aromatic heterocycles. The van der Waals surface area contributed by atoms with Crippen LogP contribution in [0.4, 0.5) is 0 Å². The predicted octanol–water partition coefficient (Wildman–Crippen LogP) is 4.02. The molecule has 0 radical (unpaired) electrons. The molecule has 0 bridgehead atoms. The number of fused-ring (bicyclic) bond motifs is 1. The molecule has 3 unspecified atom stereocenters. The number of aliphatic hydroxyl groups excluding tert-OH is 1. The van der Waals surface area contributed by atoms with Crippen molar-refractivity contribution < 1.29 is 5.11 Å². The van der Waals surface area contributed by atoms with E-state index in [4.69, 9.17) is 23.2 Å². The molecule has 1 saturated heterocycles. The van der Waals surface area contributed by atoms with Crippen molar-refractivity contribution in [2.75, 3.05) is 13.1 Å². The van der Waals surface area contributed by atoms with Crippen molar-refractivity contribution in [3.63, 3.8) is 0 Å². The Morgan fingerprint density at radius 3 is 2.57 bits per heavy atom. The van der Waals surface area contributed by atoms with Crippen LogP contribution in [0.3, 0.4) is 0 Å². The summed E-state index contributed by atoms with van der Waals surface area (Å²) in [5.41, 5.74) is 1.05. The second kappa shape index (κ2) is 4.86. The number of nitrogens with one attached hydrogen (secondary N) is 1. The summed E-state index contributed by atoms with van der Waals surface area (Å²) < 4.78 is 0. The standard InChI is InChI=1S/C17H23Cl2NO/c1-15(2,3)14(21)17-9-16(17,6-7-20-10-17)11-4-5-12(18)13(19)8-11/h4-5,8,14,20-21H,6-7,9-10H2,1-3H3. The van der Waals surface area contributed by atoms with Gasteiger partial charge in [0, 0.05) is 17.4 Å². The summed E-state index contributed by atoms with van der Waals surface area (Å²) in [6, 6.07) is 5.95. The Morgan fingerprint density at radius 1 is 1.24 bits per heavy atom. The fourth-order valence-corrected chi connectivity index (χ4v) is 4.59. The van der Waals surface area contributed by atoms with E-state index in [1.54, 1.807) is 0 Å². The van der Waals surface area contributed by atoms with E-state index < -0.39 is 0 Å². The third-order valence-electron chi connectivity index (χ3n) is 5.43. The molecule has 1 aromatic carbocycles. The van der Waals surface area contributed by atoms with Crippen LogP contribution in [-0.4, -0.2) is 24.3 Å². The third-order valence-corrected chi connectivity index (χ3v) is 6.17. The van der Waals surface area contributed by atoms with E-state index in [-0.39, 0.29) is 22.3 Å². The van der Waals surface area contributed by atoms with Gasteiger partial charge in [-0.25, -0.2) is 0 Å². The number of piperidine rings is 1. The first-order chi connectivity index (χ1) is 9.73. The molecule has 1 aliphatic heterocycles.